The molecule has 0 atom stereocenters. The maximum atomic E-state index is 12.1. The van der Waals surface area contributed by atoms with Crippen molar-refractivity contribution in [2.45, 2.75) is 26.8 Å². The summed E-state index contributed by atoms with van der Waals surface area (Å²) < 4.78 is 6.95. The minimum atomic E-state index is -0.0744. The SMILES string of the molecule is COc1ccc(CC(=O)NCc2nnc3nc(C)cc(C)n23)cc1. The Morgan fingerprint density at radius 2 is 1.96 bits per heavy atom. The van der Waals surface area contributed by atoms with Crippen LogP contribution in [0.25, 0.3) is 5.78 Å². The highest BCUT2D eigenvalue weighted by Gasteiger charge is 2.11. The van der Waals surface area contributed by atoms with Gasteiger partial charge >= 0.3 is 0 Å². The van der Waals surface area contributed by atoms with Crippen LogP contribution in [0.15, 0.2) is 30.3 Å². The molecule has 7 heteroatoms. The molecule has 0 bridgehead atoms. The van der Waals surface area contributed by atoms with E-state index >= 15 is 0 Å². The molecular formula is C17H19N5O2. The van der Waals surface area contributed by atoms with E-state index in [1.165, 1.54) is 0 Å². The van der Waals surface area contributed by atoms with E-state index < -0.39 is 0 Å². The Bertz CT molecular complexity index is 871. The number of rotatable bonds is 5. The molecule has 3 aromatic rings. The molecule has 0 unspecified atom stereocenters. The summed E-state index contributed by atoms with van der Waals surface area (Å²) in [6.07, 6.45) is 0.303. The highest BCUT2D eigenvalue weighted by Crippen LogP contribution is 2.12. The highest BCUT2D eigenvalue weighted by atomic mass is 16.5. The largest absolute Gasteiger partial charge is 0.497 e. The fourth-order valence-corrected chi connectivity index (χ4v) is 2.58. The molecule has 0 saturated heterocycles. The number of ether oxygens (including phenoxy) is 1. The standard InChI is InChI=1S/C17H19N5O2/c1-11-8-12(2)22-15(20-21-17(22)19-11)10-18-16(23)9-13-4-6-14(24-3)7-5-13/h4-8H,9-10H2,1-3H3,(H,18,23). The first-order chi connectivity index (χ1) is 11.6. The van der Waals surface area contributed by atoms with E-state index in [2.05, 4.69) is 20.5 Å². The van der Waals surface area contributed by atoms with Crippen LogP contribution >= 0.6 is 0 Å². The van der Waals surface area contributed by atoms with Crippen LogP contribution in [0.2, 0.25) is 0 Å². The lowest BCUT2D eigenvalue weighted by molar-refractivity contribution is -0.120. The first kappa shape index (κ1) is 15.9. The number of carbonyl (C=O) groups excluding carboxylic acids is 1. The van der Waals surface area contributed by atoms with Crippen molar-refractivity contribution in [1.29, 1.82) is 0 Å². The Hall–Kier alpha value is -2.96. The molecular weight excluding hydrogens is 306 g/mol. The average Bonchev–Trinajstić information content (AvgIpc) is 2.97. The second-order valence-electron chi connectivity index (χ2n) is 5.59. The lowest BCUT2D eigenvalue weighted by atomic mass is 10.1. The van der Waals surface area contributed by atoms with Crippen LogP contribution in [0.4, 0.5) is 0 Å². The van der Waals surface area contributed by atoms with Crippen molar-refractivity contribution in [3.8, 4) is 5.75 Å². The van der Waals surface area contributed by atoms with Gasteiger partial charge in [0, 0.05) is 11.4 Å². The smallest absolute Gasteiger partial charge is 0.255 e. The third-order valence-corrected chi connectivity index (χ3v) is 3.73. The van der Waals surface area contributed by atoms with Gasteiger partial charge in [0.2, 0.25) is 5.91 Å². The van der Waals surface area contributed by atoms with Gasteiger partial charge in [-0.25, -0.2) is 4.98 Å². The topological polar surface area (TPSA) is 81.4 Å². The van der Waals surface area contributed by atoms with Crippen molar-refractivity contribution < 1.29 is 9.53 Å². The summed E-state index contributed by atoms with van der Waals surface area (Å²) in [6, 6.07) is 9.39. The van der Waals surface area contributed by atoms with Crippen molar-refractivity contribution in [3.05, 3.63) is 53.1 Å². The number of benzene rings is 1. The van der Waals surface area contributed by atoms with Gasteiger partial charge in [-0.05, 0) is 37.6 Å². The predicted molar refractivity (Wildman–Crippen MR) is 88.8 cm³/mol. The molecule has 7 nitrogen and oxygen atoms in total. The highest BCUT2D eigenvalue weighted by molar-refractivity contribution is 5.78. The van der Waals surface area contributed by atoms with Crippen molar-refractivity contribution in [3.63, 3.8) is 0 Å². The zero-order valence-electron chi connectivity index (χ0n) is 13.9. The van der Waals surface area contributed by atoms with Gasteiger partial charge in [-0.3, -0.25) is 9.20 Å². The van der Waals surface area contributed by atoms with Crippen molar-refractivity contribution >= 4 is 11.7 Å². The average molecular weight is 325 g/mol. The van der Waals surface area contributed by atoms with E-state index in [0.29, 0.717) is 24.6 Å². The first-order valence-corrected chi connectivity index (χ1v) is 7.64. The molecule has 0 saturated carbocycles. The zero-order valence-corrected chi connectivity index (χ0v) is 13.9. The summed E-state index contributed by atoms with van der Waals surface area (Å²) in [5, 5.41) is 11.1. The van der Waals surface area contributed by atoms with Crippen LogP contribution in [0.1, 0.15) is 22.8 Å². The Morgan fingerprint density at radius 1 is 1.21 bits per heavy atom. The van der Waals surface area contributed by atoms with Gasteiger partial charge in [-0.15, -0.1) is 10.2 Å². The van der Waals surface area contributed by atoms with Gasteiger partial charge in [0.15, 0.2) is 5.82 Å². The number of hydrogen-bond donors (Lipinski definition) is 1. The molecule has 24 heavy (non-hydrogen) atoms. The molecule has 0 aliphatic carbocycles. The van der Waals surface area contributed by atoms with E-state index in [1.807, 2.05) is 48.6 Å². The molecule has 2 aromatic heterocycles. The van der Waals surface area contributed by atoms with Crippen molar-refractivity contribution in [2.24, 2.45) is 0 Å². The summed E-state index contributed by atoms with van der Waals surface area (Å²) >= 11 is 0. The number of aromatic nitrogens is 4. The van der Waals surface area contributed by atoms with Crippen LogP contribution < -0.4 is 10.1 Å². The lowest BCUT2D eigenvalue weighted by Crippen LogP contribution is -2.25. The van der Waals surface area contributed by atoms with Crippen LogP contribution in [0, 0.1) is 13.8 Å². The van der Waals surface area contributed by atoms with E-state index in [9.17, 15) is 4.79 Å². The molecule has 1 amide bonds. The second-order valence-corrected chi connectivity index (χ2v) is 5.59. The number of fused-ring (bicyclic) bond motifs is 1. The fraction of sp³-hybridized carbons (Fsp3) is 0.294. The van der Waals surface area contributed by atoms with E-state index in [0.717, 1.165) is 22.7 Å². The minimum Gasteiger partial charge on any atom is -0.497 e. The second kappa shape index (κ2) is 6.66. The van der Waals surface area contributed by atoms with Gasteiger partial charge in [0.25, 0.3) is 5.78 Å². The zero-order chi connectivity index (χ0) is 17.1. The Labute approximate surface area is 139 Å². The maximum Gasteiger partial charge on any atom is 0.255 e. The minimum absolute atomic E-state index is 0.0744. The van der Waals surface area contributed by atoms with Gasteiger partial charge in [0.05, 0.1) is 20.1 Å². The molecule has 1 N–H and O–H groups in total. The maximum absolute atomic E-state index is 12.1. The van der Waals surface area contributed by atoms with Gasteiger partial charge in [-0.1, -0.05) is 12.1 Å². The van der Waals surface area contributed by atoms with Gasteiger partial charge in [-0.2, -0.15) is 0 Å². The van der Waals surface area contributed by atoms with Crippen LogP contribution in [0.3, 0.4) is 0 Å². The molecule has 124 valence electrons. The number of methoxy groups -OCH3 is 1. The number of amides is 1. The molecule has 0 aliphatic heterocycles. The summed E-state index contributed by atoms with van der Waals surface area (Å²) in [5.41, 5.74) is 2.80. The molecule has 0 spiro atoms. The number of hydrogen-bond acceptors (Lipinski definition) is 5. The number of nitrogens with one attached hydrogen (secondary N) is 1. The molecule has 0 radical (unpaired) electrons. The number of carbonyl (C=O) groups is 1. The Balaban J connectivity index is 1.66. The number of aryl methyl sites for hydroxylation is 2. The molecule has 0 fully saturated rings. The van der Waals surface area contributed by atoms with Crippen LogP contribution in [0.5, 0.6) is 5.75 Å². The third-order valence-electron chi connectivity index (χ3n) is 3.73. The predicted octanol–water partition coefficient (Wildman–Crippen LogP) is 1.61. The summed E-state index contributed by atoms with van der Waals surface area (Å²) in [6.45, 7) is 4.19. The third kappa shape index (κ3) is 3.34. The molecule has 3 rings (SSSR count). The fourth-order valence-electron chi connectivity index (χ4n) is 2.58. The normalized spacial score (nSPS) is 10.8. The van der Waals surface area contributed by atoms with Gasteiger partial charge in [0.1, 0.15) is 5.75 Å². The van der Waals surface area contributed by atoms with Crippen molar-refractivity contribution in [1.82, 2.24) is 24.9 Å². The Morgan fingerprint density at radius 3 is 2.67 bits per heavy atom. The summed E-state index contributed by atoms with van der Waals surface area (Å²) in [5.74, 6) is 1.91. The van der Waals surface area contributed by atoms with Crippen molar-refractivity contribution in [2.75, 3.05) is 7.11 Å². The Kier molecular flexibility index (Phi) is 4.41. The van der Waals surface area contributed by atoms with Gasteiger partial charge < -0.3 is 10.1 Å². The van der Waals surface area contributed by atoms with Crippen LogP contribution in [-0.2, 0) is 17.8 Å². The van der Waals surface area contributed by atoms with E-state index in [1.54, 1.807) is 7.11 Å². The van der Waals surface area contributed by atoms with E-state index in [-0.39, 0.29) is 5.91 Å². The first-order valence-electron chi connectivity index (χ1n) is 7.64. The number of nitrogens with zero attached hydrogens (tertiary/aromatic N) is 4. The molecule has 2 heterocycles. The quantitative estimate of drug-likeness (QED) is 0.771. The van der Waals surface area contributed by atoms with Crippen LogP contribution in [-0.4, -0.2) is 32.6 Å². The molecule has 1 aromatic carbocycles. The lowest BCUT2D eigenvalue weighted by Gasteiger charge is -2.07. The summed E-state index contributed by atoms with van der Waals surface area (Å²) in [4.78, 5) is 16.5. The summed E-state index contributed by atoms with van der Waals surface area (Å²) in [7, 11) is 1.61. The molecule has 0 aliphatic rings. The van der Waals surface area contributed by atoms with E-state index in [4.69, 9.17) is 4.74 Å². The monoisotopic (exact) mass is 325 g/mol.